The molecule has 0 amide bonds. The molecule has 1 aliphatic rings. The molecule has 26 heavy (non-hydrogen) atoms. The van der Waals surface area contributed by atoms with Crippen LogP contribution < -0.4 is 0 Å². The average molecular weight is 357 g/mol. The third-order valence-electron chi connectivity index (χ3n) is 4.57. The molecule has 0 aromatic carbocycles. The molecule has 0 radical (unpaired) electrons. The van der Waals surface area contributed by atoms with Crippen LogP contribution in [0.2, 0.25) is 0 Å². The summed E-state index contributed by atoms with van der Waals surface area (Å²) in [5.74, 6) is 1.94. The first-order chi connectivity index (χ1) is 12.7. The van der Waals surface area contributed by atoms with Gasteiger partial charge in [-0.2, -0.15) is 0 Å². The zero-order valence-corrected chi connectivity index (χ0v) is 14.4. The normalized spacial score (nSPS) is 16.0. The summed E-state index contributed by atoms with van der Waals surface area (Å²) < 4.78 is 21.0. The van der Waals surface area contributed by atoms with Crippen molar-refractivity contribution in [2.24, 2.45) is 0 Å². The number of hydrogen-bond acceptors (Lipinski definition) is 8. The van der Waals surface area contributed by atoms with Crippen LogP contribution in [0.15, 0.2) is 44.0 Å². The molecule has 0 aliphatic carbocycles. The second-order valence-electron chi connectivity index (χ2n) is 6.27. The van der Waals surface area contributed by atoms with Gasteiger partial charge in [-0.15, -0.1) is 10.2 Å². The van der Waals surface area contributed by atoms with E-state index in [1.807, 2.05) is 6.07 Å². The van der Waals surface area contributed by atoms with Gasteiger partial charge in [0, 0.05) is 5.92 Å². The molecular formula is C18H19N3O5. The van der Waals surface area contributed by atoms with Crippen molar-refractivity contribution in [1.29, 1.82) is 0 Å². The maximum Gasteiger partial charge on any atom is 0.373 e. The van der Waals surface area contributed by atoms with Crippen LogP contribution in [0.4, 0.5) is 0 Å². The van der Waals surface area contributed by atoms with E-state index in [0.29, 0.717) is 18.3 Å². The molecule has 1 aliphatic heterocycles. The van der Waals surface area contributed by atoms with E-state index in [9.17, 15) is 4.79 Å². The SMILES string of the molecule is COC(=O)c1ccc(CN2CCC(c3nnc(-c4ccoc4)o3)CC2)o1. The van der Waals surface area contributed by atoms with Crippen molar-refractivity contribution in [3.05, 3.63) is 48.1 Å². The molecule has 3 aromatic heterocycles. The largest absolute Gasteiger partial charge is 0.472 e. The molecular weight excluding hydrogens is 338 g/mol. The van der Waals surface area contributed by atoms with Crippen molar-refractivity contribution in [3.63, 3.8) is 0 Å². The van der Waals surface area contributed by atoms with E-state index in [-0.39, 0.29) is 11.7 Å². The fourth-order valence-corrected chi connectivity index (χ4v) is 3.13. The molecule has 0 spiro atoms. The molecule has 4 heterocycles. The molecule has 8 heteroatoms. The number of furan rings is 2. The molecule has 1 saturated heterocycles. The van der Waals surface area contributed by atoms with E-state index in [0.717, 1.165) is 37.3 Å². The summed E-state index contributed by atoms with van der Waals surface area (Å²) in [5, 5.41) is 8.29. The Morgan fingerprint density at radius 3 is 2.81 bits per heavy atom. The Bertz CT molecular complexity index is 859. The Kier molecular flexibility index (Phi) is 4.57. The number of aromatic nitrogens is 2. The first kappa shape index (κ1) is 16.6. The molecule has 1 fully saturated rings. The summed E-state index contributed by atoms with van der Waals surface area (Å²) in [5.41, 5.74) is 0.792. The fourth-order valence-electron chi connectivity index (χ4n) is 3.13. The highest BCUT2D eigenvalue weighted by Gasteiger charge is 2.26. The minimum Gasteiger partial charge on any atom is -0.472 e. The number of piperidine rings is 1. The van der Waals surface area contributed by atoms with Crippen molar-refractivity contribution < 1.29 is 22.8 Å². The molecule has 0 bridgehead atoms. The van der Waals surface area contributed by atoms with E-state index in [1.54, 1.807) is 24.7 Å². The van der Waals surface area contributed by atoms with E-state index >= 15 is 0 Å². The van der Waals surface area contributed by atoms with Crippen molar-refractivity contribution in [2.75, 3.05) is 20.2 Å². The predicted molar refractivity (Wildman–Crippen MR) is 89.3 cm³/mol. The lowest BCUT2D eigenvalue weighted by Gasteiger charge is -2.29. The third kappa shape index (κ3) is 3.41. The Balaban J connectivity index is 1.33. The van der Waals surface area contributed by atoms with E-state index in [1.165, 1.54) is 7.11 Å². The van der Waals surface area contributed by atoms with Crippen LogP contribution >= 0.6 is 0 Å². The quantitative estimate of drug-likeness (QED) is 0.643. The smallest absolute Gasteiger partial charge is 0.373 e. The third-order valence-corrected chi connectivity index (χ3v) is 4.57. The number of esters is 1. The lowest BCUT2D eigenvalue weighted by atomic mass is 9.97. The maximum atomic E-state index is 11.4. The minimum atomic E-state index is -0.459. The van der Waals surface area contributed by atoms with Crippen LogP contribution in [0.1, 0.15) is 41.0 Å². The van der Waals surface area contributed by atoms with Gasteiger partial charge in [0.05, 0.1) is 25.5 Å². The van der Waals surface area contributed by atoms with Crippen molar-refractivity contribution in [2.45, 2.75) is 25.3 Å². The number of carbonyl (C=O) groups is 1. The van der Waals surface area contributed by atoms with Crippen LogP contribution in [-0.2, 0) is 11.3 Å². The number of likely N-dealkylation sites (tertiary alicyclic amines) is 1. The fraction of sp³-hybridized carbons (Fsp3) is 0.389. The lowest BCUT2D eigenvalue weighted by molar-refractivity contribution is 0.0560. The van der Waals surface area contributed by atoms with Gasteiger partial charge in [-0.05, 0) is 44.1 Å². The topological polar surface area (TPSA) is 94.7 Å². The lowest BCUT2D eigenvalue weighted by Crippen LogP contribution is -2.32. The second-order valence-corrected chi connectivity index (χ2v) is 6.27. The highest BCUT2D eigenvalue weighted by atomic mass is 16.5. The van der Waals surface area contributed by atoms with Gasteiger partial charge in [-0.25, -0.2) is 4.79 Å². The number of nitrogens with zero attached hydrogens (tertiary/aromatic N) is 3. The number of hydrogen-bond donors (Lipinski definition) is 0. The Labute approximate surface area is 149 Å². The number of rotatable bonds is 5. The van der Waals surface area contributed by atoms with Crippen molar-refractivity contribution in [3.8, 4) is 11.5 Å². The first-order valence-electron chi connectivity index (χ1n) is 8.48. The van der Waals surface area contributed by atoms with Gasteiger partial charge in [0.25, 0.3) is 5.89 Å². The molecule has 0 N–H and O–H groups in total. The Morgan fingerprint density at radius 2 is 2.08 bits per heavy atom. The van der Waals surface area contributed by atoms with Crippen LogP contribution in [0, 0.1) is 0 Å². The van der Waals surface area contributed by atoms with Gasteiger partial charge in [-0.3, -0.25) is 4.90 Å². The summed E-state index contributed by atoms with van der Waals surface area (Å²) in [7, 11) is 1.34. The molecule has 0 saturated carbocycles. The van der Waals surface area contributed by atoms with E-state index in [2.05, 4.69) is 19.8 Å². The highest BCUT2D eigenvalue weighted by Crippen LogP contribution is 2.30. The predicted octanol–water partition coefficient (Wildman–Crippen LogP) is 3.09. The van der Waals surface area contributed by atoms with Gasteiger partial charge in [-0.1, -0.05) is 0 Å². The Hall–Kier alpha value is -2.87. The Morgan fingerprint density at radius 1 is 1.23 bits per heavy atom. The summed E-state index contributed by atoms with van der Waals surface area (Å²) in [4.78, 5) is 13.7. The van der Waals surface area contributed by atoms with Crippen molar-refractivity contribution >= 4 is 5.97 Å². The standard InChI is InChI=1S/C18H19N3O5/c1-23-18(22)15-3-2-14(25-15)10-21-7-4-12(5-8-21)16-19-20-17(26-16)13-6-9-24-11-13/h2-3,6,9,11-12H,4-5,7-8,10H2,1H3. The second kappa shape index (κ2) is 7.17. The van der Waals surface area contributed by atoms with Gasteiger partial charge < -0.3 is 18.0 Å². The van der Waals surface area contributed by atoms with Gasteiger partial charge in [0.15, 0.2) is 0 Å². The summed E-state index contributed by atoms with van der Waals surface area (Å²) in [6.07, 6.45) is 5.03. The van der Waals surface area contributed by atoms with Crippen LogP contribution in [0.25, 0.3) is 11.5 Å². The summed E-state index contributed by atoms with van der Waals surface area (Å²) in [6, 6.07) is 5.25. The van der Waals surface area contributed by atoms with Crippen LogP contribution in [0.5, 0.6) is 0 Å². The van der Waals surface area contributed by atoms with E-state index < -0.39 is 5.97 Å². The molecule has 3 aromatic rings. The molecule has 0 atom stereocenters. The number of carbonyl (C=O) groups excluding carboxylic acids is 1. The van der Waals surface area contributed by atoms with Gasteiger partial charge in [0.2, 0.25) is 11.7 Å². The molecule has 4 rings (SSSR count). The van der Waals surface area contributed by atoms with Crippen LogP contribution in [-0.4, -0.2) is 41.3 Å². The molecule has 0 unspecified atom stereocenters. The highest BCUT2D eigenvalue weighted by molar-refractivity contribution is 5.86. The maximum absolute atomic E-state index is 11.4. The number of ether oxygens (including phenoxy) is 1. The van der Waals surface area contributed by atoms with E-state index in [4.69, 9.17) is 13.3 Å². The minimum absolute atomic E-state index is 0.232. The zero-order chi connectivity index (χ0) is 17.9. The number of methoxy groups -OCH3 is 1. The van der Waals surface area contributed by atoms with Gasteiger partial charge >= 0.3 is 5.97 Å². The van der Waals surface area contributed by atoms with Crippen LogP contribution in [0.3, 0.4) is 0 Å². The summed E-state index contributed by atoms with van der Waals surface area (Å²) in [6.45, 7) is 2.44. The van der Waals surface area contributed by atoms with Gasteiger partial charge in [0.1, 0.15) is 12.0 Å². The molecule has 8 nitrogen and oxygen atoms in total. The monoisotopic (exact) mass is 357 g/mol. The average Bonchev–Trinajstić information content (AvgIpc) is 3.42. The molecule has 136 valence electrons. The summed E-state index contributed by atoms with van der Waals surface area (Å²) >= 11 is 0. The first-order valence-corrected chi connectivity index (χ1v) is 8.48. The zero-order valence-electron chi connectivity index (χ0n) is 14.4. The van der Waals surface area contributed by atoms with Crippen molar-refractivity contribution in [1.82, 2.24) is 15.1 Å².